The van der Waals surface area contributed by atoms with E-state index in [0.29, 0.717) is 6.04 Å². The molecule has 0 aliphatic carbocycles. The molecule has 0 aromatic carbocycles. The number of piperidine rings is 1. The van der Waals surface area contributed by atoms with Gasteiger partial charge in [-0.3, -0.25) is 4.90 Å². The summed E-state index contributed by atoms with van der Waals surface area (Å²) in [5.74, 6) is 0.857. The Labute approximate surface area is 108 Å². The molecule has 0 radical (unpaired) electrons. The molecule has 0 bridgehead atoms. The third-order valence-corrected chi connectivity index (χ3v) is 4.30. The second-order valence-corrected chi connectivity index (χ2v) is 5.97. The van der Waals surface area contributed by atoms with Gasteiger partial charge in [0.15, 0.2) is 0 Å². The van der Waals surface area contributed by atoms with Crippen LogP contribution in [0, 0.1) is 5.92 Å². The summed E-state index contributed by atoms with van der Waals surface area (Å²) >= 11 is 0. The first-order chi connectivity index (χ1) is 8.19. The predicted octanol–water partition coefficient (Wildman–Crippen LogP) is 3.40. The molecule has 1 aliphatic heterocycles. The van der Waals surface area contributed by atoms with Gasteiger partial charge >= 0.3 is 0 Å². The predicted molar refractivity (Wildman–Crippen MR) is 76.2 cm³/mol. The molecule has 0 amide bonds. The van der Waals surface area contributed by atoms with Gasteiger partial charge in [-0.2, -0.15) is 0 Å². The molecule has 1 saturated heterocycles. The zero-order valence-electron chi connectivity index (χ0n) is 12.1. The molecule has 0 saturated carbocycles. The lowest BCUT2D eigenvalue weighted by atomic mass is 9.92. The van der Waals surface area contributed by atoms with Crippen LogP contribution in [0.4, 0.5) is 0 Å². The fourth-order valence-corrected chi connectivity index (χ4v) is 3.06. The minimum Gasteiger partial charge on any atom is -0.329 e. The Balaban J connectivity index is 2.36. The van der Waals surface area contributed by atoms with E-state index in [1.807, 2.05) is 0 Å². The molecule has 0 aromatic rings. The zero-order valence-corrected chi connectivity index (χ0v) is 12.1. The highest BCUT2D eigenvalue weighted by atomic mass is 15.2. The van der Waals surface area contributed by atoms with Gasteiger partial charge in [-0.25, -0.2) is 0 Å². The Hall–Kier alpha value is -0.0800. The van der Waals surface area contributed by atoms with Gasteiger partial charge in [0.05, 0.1) is 0 Å². The first kappa shape index (κ1) is 15.0. The highest BCUT2D eigenvalue weighted by Crippen LogP contribution is 2.25. The molecular weight excluding hydrogens is 208 g/mol. The third kappa shape index (κ3) is 4.97. The summed E-state index contributed by atoms with van der Waals surface area (Å²) in [5, 5.41) is 0. The smallest absolute Gasteiger partial charge is 0.0221 e. The molecule has 2 heteroatoms. The Morgan fingerprint density at radius 1 is 1.18 bits per heavy atom. The first-order valence-electron chi connectivity index (χ1n) is 7.64. The highest BCUT2D eigenvalue weighted by molar-refractivity contribution is 4.83. The first-order valence-corrected chi connectivity index (χ1v) is 7.64. The number of nitrogens with two attached hydrogens (primary N) is 1. The van der Waals surface area contributed by atoms with Crippen LogP contribution >= 0.6 is 0 Å². The van der Waals surface area contributed by atoms with Crippen molar-refractivity contribution in [1.29, 1.82) is 0 Å². The summed E-state index contributed by atoms with van der Waals surface area (Å²) in [7, 11) is 0. The number of hydrogen-bond donors (Lipinski definition) is 1. The molecule has 1 heterocycles. The molecule has 2 N–H and O–H groups in total. The van der Waals surface area contributed by atoms with Crippen molar-refractivity contribution in [2.24, 2.45) is 11.7 Å². The van der Waals surface area contributed by atoms with E-state index in [-0.39, 0.29) is 0 Å². The molecule has 3 atom stereocenters. The van der Waals surface area contributed by atoms with Gasteiger partial charge in [-0.1, -0.05) is 39.5 Å². The Bertz CT molecular complexity index is 193. The number of rotatable bonds is 7. The van der Waals surface area contributed by atoms with E-state index < -0.39 is 0 Å². The van der Waals surface area contributed by atoms with Crippen LogP contribution in [0.15, 0.2) is 0 Å². The standard InChI is InChI=1S/C15H32N2/c1-4-5-6-7-8-15(11-16)17-12-13(2)9-10-14(17)3/h13-15H,4-12,16H2,1-3H3. The average Bonchev–Trinajstić information content (AvgIpc) is 2.33. The zero-order chi connectivity index (χ0) is 12.7. The number of nitrogens with zero attached hydrogens (tertiary/aromatic N) is 1. The minimum absolute atomic E-state index is 0.629. The van der Waals surface area contributed by atoms with Crippen molar-refractivity contribution in [3.8, 4) is 0 Å². The Morgan fingerprint density at radius 2 is 1.94 bits per heavy atom. The Morgan fingerprint density at radius 3 is 2.59 bits per heavy atom. The maximum absolute atomic E-state index is 5.98. The van der Waals surface area contributed by atoms with E-state index in [1.165, 1.54) is 51.5 Å². The lowest BCUT2D eigenvalue weighted by molar-refractivity contribution is 0.0746. The van der Waals surface area contributed by atoms with Crippen molar-refractivity contribution < 1.29 is 0 Å². The van der Waals surface area contributed by atoms with Crippen LogP contribution in [0.5, 0.6) is 0 Å². The summed E-state index contributed by atoms with van der Waals surface area (Å²) < 4.78 is 0. The van der Waals surface area contributed by atoms with Crippen LogP contribution < -0.4 is 5.73 Å². The third-order valence-electron chi connectivity index (χ3n) is 4.30. The topological polar surface area (TPSA) is 29.3 Å². The normalized spacial score (nSPS) is 28.2. The largest absolute Gasteiger partial charge is 0.329 e. The van der Waals surface area contributed by atoms with Crippen molar-refractivity contribution in [2.75, 3.05) is 13.1 Å². The van der Waals surface area contributed by atoms with Gasteiger partial charge in [-0.05, 0) is 32.1 Å². The maximum Gasteiger partial charge on any atom is 0.0221 e. The minimum atomic E-state index is 0.629. The SMILES string of the molecule is CCCCCCC(CN)N1CC(C)CCC1C. The fraction of sp³-hybridized carbons (Fsp3) is 1.00. The van der Waals surface area contributed by atoms with Gasteiger partial charge < -0.3 is 5.73 Å². The van der Waals surface area contributed by atoms with E-state index in [0.717, 1.165) is 18.5 Å². The van der Waals surface area contributed by atoms with Gasteiger partial charge in [0.25, 0.3) is 0 Å². The second-order valence-electron chi connectivity index (χ2n) is 5.97. The van der Waals surface area contributed by atoms with Crippen LogP contribution in [0.3, 0.4) is 0 Å². The quantitative estimate of drug-likeness (QED) is 0.691. The lowest BCUT2D eigenvalue weighted by Gasteiger charge is -2.42. The summed E-state index contributed by atoms with van der Waals surface area (Å²) in [4.78, 5) is 2.68. The summed E-state index contributed by atoms with van der Waals surface area (Å²) in [6.45, 7) is 9.12. The molecule has 1 rings (SSSR count). The van der Waals surface area contributed by atoms with E-state index in [9.17, 15) is 0 Å². The number of unbranched alkanes of at least 4 members (excludes halogenated alkanes) is 3. The second kappa shape index (κ2) is 8.10. The van der Waals surface area contributed by atoms with Crippen molar-refractivity contribution in [2.45, 2.75) is 77.8 Å². The van der Waals surface area contributed by atoms with Gasteiger partial charge in [-0.15, -0.1) is 0 Å². The van der Waals surface area contributed by atoms with Gasteiger partial charge in [0.2, 0.25) is 0 Å². The Kier molecular flexibility index (Phi) is 7.14. The molecule has 0 aromatic heterocycles. The van der Waals surface area contributed by atoms with Crippen LogP contribution in [0.2, 0.25) is 0 Å². The van der Waals surface area contributed by atoms with E-state index in [1.54, 1.807) is 0 Å². The van der Waals surface area contributed by atoms with Crippen molar-refractivity contribution in [3.05, 3.63) is 0 Å². The van der Waals surface area contributed by atoms with E-state index in [2.05, 4.69) is 25.7 Å². The van der Waals surface area contributed by atoms with Gasteiger partial charge in [0, 0.05) is 25.2 Å². The molecule has 1 fully saturated rings. The molecule has 102 valence electrons. The molecular formula is C15H32N2. The summed E-state index contributed by atoms with van der Waals surface area (Å²) in [6, 6.07) is 1.37. The van der Waals surface area contributed by atoms with Crippen molar-refractivity contribution >= 4 is 0 Å². The maximum atomic E-state index is 5.98. The van der Waals surface area contributed by atoms with Crippen LogP contribution in [0.25, 0.3) is 0 Å². The molecule has 17 heavy (non-hydrogen) atoms. The van der Waals surface area contributed by atoms with Crippen LogP contribution in [-0.2, 0) is 0 Å². The van der Waals surface area contributed by atoms with Crippen LogP contribution in [-0.4, -0.2) is 30.1 Å². The molecule has 0 spiro atoms. The summed E-state index contributed by atoms with van der Waals surface area (Å²) in [5.41, 5.74) is 5.98. The summed E-state index contributed by atoms with van der Waals surface area (Å²) in [6.07, 6.45) is 9.48. The van der Waals surface area contributed by atoms with Crippen molar-refractivity contribution in [3.63, 3.8) is 0 Å². The van der Waals surface area contributed by atoms with Crippen LogP contribution in [0.1, 0.15) is 65.7 Å². The molecule has 1 aliphatic rings. The van der Waals surface area contributed by atoms with Gasteiger partial charge in [0.1, 0.15) is 0 Å². The number of hydrogen-bond acceptors (Lipinski definition) is 2. The van der Waals surface area contributed by atoms with E-state index in [4.69, 9.17) is 5.73 Å². The van der Waals surface area contributed by atoms with E-state index >= 15 is 0 Å². The monoisotopic (exact) mass is 240 g/mol. The fourth-order valence-electron chi connectivity index (χ4n) is 3.06. The molecule has 2 nitrogen and oxygen atoms in total. The average molecular weight is 240 g/mol. The van der Waals surface area contributed by atoms with Crippen molar-refractivity contribution in [1.82, 2.24) is 4.90 Å². The molecule has 3 unspecified atom stereocenters. The number of likely N-dealkylation sites (tertiary alicyclic amines) is 1. The lowest BCUT2D eigenvalue weighted by Crippen LogP contribution is -2.50. The highest BCUT2D eigenvalue weighted by Gasteiger charge is 2.27.